The molecule has 0 amide bonds. The number of rotatable bonds is 1. The molecular formula is C9H13BN2. The van der Waals surface area contributed by atoms with Gasteiger partial charge in [0.15, 0.2) is 0 Å². The van der Waals surface area contributed by atoms with Crippen molar-refractivity contribution in [3.8, 4) is 0 Å². The molecule has 12 heavy (non-hydrogen) atoms. The largest absolute Gasteiger partial charge is 0.384 e. The summed E-state index contributed by atoms with van der Waals surface area (Å²) in [5.41, 5.74) is 6.51. The molecule has 0 saturated carbocycles. The summed E-state index contributed by atoms with van der Waals surface area (Å²) >= 11 is 0. The van der Waals surface area contributed by atoms with E-state index in [0.717, 1.165) is 0 Å². The van der Waals surface area contributed by atoms with E-state index in [9.17, 15) is 0 Å². The summed E-state index contributed by atoms with van der Waals surface area (Å²) in [7, 11) is 5.44. The van der Waals surface area contributed by atoms with E-state index in [1.54, 1.807) is 24.3 Å². The molecule has 2 radical (unpaired) electrons. The molecule has 0 heterocycles. The molecule has 0 bridgehead atoms. The van der Waals surface area contributed by atoms with Crippen molar-refractivity contribution in [2.45, 2.75) is 13.8 Å². The van der Waals surface area contributed by atoms with Gasteiger partial charge in [-0.1, -0.05) is 43.6 Å². The highest BCUT2D eigenvalue weighted by Crippen LogP contribution is 1.92. The normalized spacial score (nSPS) is 8.17. The smallest absolute Gasteiger partial charge is 0.122 e. The third-order valence-corrected chi connectivity index (χ3v) is 1.20. The van der Waals surface area contributed by atoms with E-state index in [4.69, 9.17) is 19.0 Å². The van der Waals surface area contributed by atoms with Gasteiger partial charge in [0.2, 0.25) is 0 Å². The second-order valence-corrected chi connectivity index (χ2v) is 2.04. The lowest BCUT2D eigenvalue weighted by Gasteiger charge is -1.97. The Labute approximate surface area is 74.7 Å². The molecule has 0 aromatic heterocycles. The molecule has 3 N–H and O–H groups in total. The predicted molar refractivity (Wildman–Crippen MR) is 54.2 cm³/mol. The molecule has 0 aliphatic rings. The molecule has 1 aromatic rings. The molecule has 0 unspecified atom stereocenters. The van der Waals surface area contributed by atoms with Crippen LogP contribution in [0.2, 0.25) is 0 Å². The number of amidine groups is 1. The first kappa shape index (κ1) is 10.8. The van der Waals surface area contributed by atoms with Gasteiger partial charge in [-0.05, 0) is 0 Å². The summed E-state index contributed by atoms with van der Waals surface area (Å²) in [5.74, 6) is 0.0484. The van der Waals surface area contributed by atoms with Gasteiger partial charge in [0.1, 0.15) is 13.7 Å². The van der Waals surface area contributed by atoms with Crippen molar-refractivity contribution in [1.29, 1.82) is 5.41 Å². The standard InChI is InChI=1S/C7H7BN2.C2H6/c8-6-3-1-2-5(4-6)7(9)10;1-2/h1-4H,(H3,9,10);1-2H3. The van der Waals surface area contributed by atoms with Gasteiger partial charge in [0, 0.05) is 5.56 Å². The van der Waals surface area contributed by atoms with Gasteiger partial charge in [-0.15, -0.1) is 0 Å². The molecule has 1 rings (SSSR count). The quantitative estimate of drug-likeness (QED) is 0.356. The number of hydrogen-bond acceptors (Lipinski definition) is 1. The van der Waals surface area contributed by atoms with Crippen molar-refractivity contribution in [3.05, 3.63) is 29.8 Å². The van der Waals surface area contributed by atoms with Crippen LogP contribution in [0.5, 0.6) is 0 Å². The zero-order valence-corrected chi connectivity index (χ0v) is 7.46. The minimum atomic E-state index is 0.0484. The first-order chi connectivity index (χ1) is 5.70. The van der Waals surface area contributed by atoms with Crippen LogP contribution in [0.25, 0.3) is 0 Å². The van der Waals surface area contributed by atoms with Crippen molar-refractivity contribution in [3.63, 3.8) is 0 Å². The van der Waals surface area contributed by atoms with Crippen LogP contribution in [-0.4, -0.2) is 13.7 Å². The average Bonchev–Trinajstić information content (AvgIpc) is 2.08. The van der Waals surface area contributed by atoms with E-state index >= 15 is 0 Å². The van der Waals surface area contributed by atoms with Crippen LogP contribution in [0.1, 0.15) is 19.4 Å². The topological polar surface area (TPSA) is 49.9 Å². The molecule has 2 nitrogen and oxygen atoms in total. The molecular weight excluding hydrogens is 147 g/mol. The van der Waals surface area contributed by atoms with E-state index in [2.05, 4.69) is 0 Å². The summed E-state index contributed by atoms with van der Waals surface area (Å²) < 4.78 is 0. The van der Waals surface area contributed by atoms with Crippen molar-refractivity contribution in [2.75, 3.05) is 0 Å². The number of nitrogens with one attached hydrogen (secondary N) is 1. The minimum Gasteiger partial charge on any atom is -0.384 e. The maximum atomic E-state index is 7.05. The van der Waals surface area contributed by atoms with Crippen LogP contribution >= 0.6 is 0 Å². The zero-order valence-electron chi connectivity index (χ0n) is 7.46. The highest BCUT2D eigenvalue weighted by molar-refractivity contribution is 6.32. The van der Waals surface area contributed by atoms with E-state index in [-0.39, 0.29) is 5.84 Å². The summed E-state index contributed by atoms with van der Waals surface area (Å²) in [6, 6.07) is 6.94. The number of benzene rings is 1. The Bertz CT molecular complexity index is 258. The van der Waals surface area contributed by atoms with Crippen LogP contribution in [0.4, 0.5) is 0 Å². The predicted octanol–water partition coefficient (Wildman–Crippen LogP) is 0.791. The third kappa shape index (κ3) is 3.24. The van der Waals surface area contributed by atoms with Gasteiger partial charge in [-0.25, -0.2) is 0 Å². The fourth-order valence-electron chi connectivity index (χ4n) is 0.706. The van der Waals surface area contributed by atoms with Gasteiger partial charge in [0.05, 0.1) is 0 Å². The lowest BCUT2D eigenvalue weighted by atomic mass is 9.94. The van der Waals surface area contributed by atoms with Crippen molar-refractivity contribution < 1.29 is 0 Å². The fourth-order valence-corrected chi connectivity index (χ4v) is 0.706. The molecule has 0 spiro atoms. The van der Waals surface area contributed by atoms with E-state index < -0.39 is 0 Å². The second-order valence-electron chi connectivity index (χ2n) is 2.04. The maximum Gasteiger partial charge on any atom is 0.122 e. The summed E-state index contributed by atoms with van der Waals surface area (Å²) in [6.07, 6.45) is 0. The first-order valence-corrected chi connectivity index (χ1v) is 3.90. The van der Waals surface area contributed by atoms with Gasteiger partial charge < -0.3 is 5.73 Å². The Kier molecular flexibility index (Phi) is 4.85. The lowest BCUT2D eigenvalue weighted by Crippen LogP contribution is -2.14. The van der Waals surface area contributed by atoms with Crippen molar-refractivity contribution in [2.24, 2.45) is 5.73 Å². The Morgan fingerprint density at radius 2 is 2.00 bits per heavy atom. The van der Waals surface area contributed by atoms with E-state index in [1.165, 1.54) is 0 Å². The van der Waals surface area contributed by atoms with Gasteiger partial charge in [0.25, 0.3) is 0 Å². The molecule has 0 saturated heterocycles. The Morgan fingerprint density at radius 1 is 1.42 bits per heavy atom. The summed E-state index contributed by atoms with van der Waals surface area (Å²) in [5, 5.41) is 7.05. The van der Waals surface area contributed by atoms with Crippen molar-refractivity contribution in [1.82, 2.24) is 0 Å². The highest BCUT2D eigenvalue weighted by atomic mass is 14.7. The molecule has 0 aliphatic carbocycles. The molecule has 62 valence electrons. The molecule has 0 fully saturated rings. The molecule has 0 atom stereocenters. The SMILES string of the molecule is CC.[B]c1cccc(C(=N)N)c1. The van der Waals surface area contributed by atoms with E-state index in [1.807, 2.05) is 13.8 Å². The van der Waals surface area contributed by atoms with Crippen LogP contribution in [0.3, 0.4) is 0 Å². The van der Waals surface area contributed by atoms with Gasteiger partial charge >= 0.3 is 0 Å². The zero-order chi connectivity index (χ0) is 9.56. The maximum absolute atomic E-state index is 7.05. The second kappa shape index (κ2) is 5.41. The monoisotopic (exact) mass is 160 g/mol. The van der Waals surface area contributed by atoms with E-state index in [0.29, 0.717) is 11.0 Å². The number of nitrogen functional groups attached to an aromatic ring is 1. The number of nitrogens with two attached hydrogens (primary N) is 1. The van der Waals surface area contributed by atoms with Crippen LogP contribution in [0, 0.1) is 5.41 Å². The van der Waals surface area contributed by atoms with Crippen LogP contribution in [-0.2, 0) is 0 Å². The average molecular weight is 160 g/mol. The van der Waals surface area contributed by atoms with Gasteiger partial charge in [-0.2, -0.15) is 0 Å². The van der Waals surface area contributed by atoms with Crippen molar-refractivity contribution >= 4 is 19.1 Å². The fraction of sp³-hybridized carbons (Fsp3) is 0.222. The first-order valence-electron chi connectivity index (χ1n) is 3.90. The van der Waals surface area contributed by atoms with Crippen LogP contribution in [0.15, 0.2) is 24.3 Å². The molecule has 0 aliphatic heterocycles. The third-order valence-electron chi connectivity index (χ3n) is 1.20. The summed E-state index contributed by atoms with van der Waals surface area (Å²) in [6.45, 7) is 4.00. The Hall–Kier alpha value is -1.25. The summed E-state index contributed by atoms with van der Waals surface area (Å²) in [4.78, 5) is 0. The molecule has 1 aromatic carbocycles. The Balaban J connectivity index is 0.000000561. The Morgan fingerprint density at radius 3 is 2.33 bits per heavy atom. The number of hydrogen-bond donors (Lipinski definition) is 2. The van der Waals surface area contributed by atoms with Gasteiger partial charge in [-0.3, -0.25) is 5.41 Å². The highest BCUT2D eigenvalue weighted by Gasteiger charge is 1.92. The molecule has 3 heteroatoms. The lowest BCUT2D eigenvalue weighted by molar-refractivity contribution is 1.43. The van der Waals surface area contributed by atoms with Crippen LogP contribution < -0.4 is 11.2 Å². The minimum absolute atomic E-state index is 0.0484.